The Morgan fingerprint density at radius 3 is 2.02 bits per heavy atom. The highest BCUT2D eigenvalue weighted by Gasteiger charge is 2.35. The molecule has 2 N–H and O–H groups in total. The molecule has 3 saturated heterocycles. The third kappa shape index (κ3) is 9.31. The maximum Gasteiger partial charge on any atom is 0.414 e. The van der Waals surface area contributed by atoms with Crippen molar-refractivity contribution in [2.24, 2.45) is 5.73 Å². The fourth-order valence-electron chi connectivity index (χ4n) is 7.97. The second-order valence-corrected chi connectivity index (χ2v) is 16.9. The zero-order chi connectivity index (χ0) is 44.2. The zero-order valence-corrected chi connectivity index (χ0v) is 35.9. The van der Waals surface area contributed by atoms with Crippen LogP contribution < -0.4 is 30.1 Å². The second-order valence-electron chi connectivity index (χ2n) is 15.2. The number of amides is 5. The average Bonchev–Trinajstić information content (AvgIpc) is 4.03. The highest BCUT2D eigenvalue weighted by Crippen LogP contribution is 2.32. The molecule has 16 nitrogen and oxygen atoms in total. The average molecular weight is 894 g/mol. The molecule has 63 heavy (non-hydrogen) atoms. The molecule has 0 radical (unpaired) electrons. The van der Waals surface area contributed by atoms with Crippen LogP contribution in [0.15, 0.2) is 84.9 Å². The van der Waals surface area contributed by atoms with E-state index in [-0.39, 0.29) is 41.9 Å². The van der Waals surface area contributed by atoms with Gasteiger partial charge in [0.25, 0.3) is 17.7 Å². The monoisotopic (exact) mass is 893 g/mol. The molecule has 9 rings (SSSR count). The molecule has 326 valence electrons. The Morgan fingerprint density at radius 1 is 0.778 bits per heavy atom. The summed E-state index contributed by atoms with van der Waals surface area (Å²) >= 11 is 7.12. The van der Waals surface area contributed by atoms with Crippen LogP contribution in [0.5, 0.6) is 5.75 Å². The molecule has 4 aliphatic heterocycles. The maximum atomic E-state index is 13.6. The number of anilines is 4. The Morgan fingerprint density at radius 2 is 1.41 bits per heavy atom. The fraction of sp³-hybridized carbons (Fsp3) is 0.311. The molecule has 0 spiro atoms. The normalized spacial score (nSPS) is 17.6. The van der Waals surface area contributed by atoms with Crippen LogP contribution in [-0.2, 0) is 25.5 Å². The van der Waals surface area contributed by atoms with Crippen molar-refractivity contribution in [1.29, 1.82) is 0 Å². The lowest BCUT2D eigenvalue weighted by atomic mass is 10.0. The number of Topliss-reactive ketones (excluding diaryl/α,β-unsaturated/α-hetero) is 1. The van der Waals surface area contributed by atoms with Crippen LogP contribution in [0.2, 0.25) is 4.34 Å². The van der Waals surface area contributed by atoms with E-state index in [1.807, 2.05) is 36.4 Å². The van der Waals surface area contributed by atoms with Gasteiger partial charge in [0.05, 0.1) is 35.2 Å². The zero-order valence-electron chi connectivity index (χ0n) is 34.4. The summed E-state index contributed by atoms with van der Waals surface area (Å²) in [6.07, 6.45) is 2.89. The number of cyclic esters (lactones) is 1. The van der Waals surface area contributed by atoms with E-state index in [2.05, 4.69) is 5.10 Å². The Labute approximate surface area is 371 Å². The van der Waals surface area contributed by atoms with E-state index in [1.165, 1.54) is 16.0 Å². The summed E-state index contributed by atoms with van der Waals surface area (Å²) in [4.78, 5) is 81.6. The van der Waals surface area contributed by atoms with E-state index < -0.39 is 12.0 Å². The Bertz CT molecular complexity index is 2540. The molecule has 2 aromatic heterocycles. The quantitative estimate of drug-likeness (QED) is 0.144. The number of carbonyl (C=O) groups excluding carboxylic acids is 6. The van der Waals surface area contributed by atoms with E-state index in [0.717, 1.165) is 24.2 Å². The molecule has 0 saturated carbocycles. The van der Waals surface area contributed by atoms with Crippen molar-refractivity contribution in [2.75, 3.05) is 66.1 Å². The van der Waals surface area contributed by atoms with Gasteiger partial charge in [0.2, 0.25) is 5.91 Å². The largest absolute Gasteiger partial charge is 0.497 e. The van der Waals surface area contributed by atoms with E-state index >= 15 is 0 Å². The third-order valence-electron chi connectivity index (χ3n) is 11.2. The second kappa shape index (κ2) is 18.8. The van der Waals surface area contributed by atoms with Crippen molar-refractivity contribution in [2.45, 2.75) is 44.6 Å². The lowest BCUT2D eigenvalue weighted by molar-refractivity contribution is -0.125. The molecule has 1 atom stereocenters. The van der Waals surface area contributed by atoms with Crippen molar-refractivity contribution in [1.82, 2.24) is 9.78 Å². The molecule has 5 amide bonds. The molecule has 18 heteroatoms. The van der Waals surface area contributed by atoms with Gasteiger partial charge in [-0.15, -0.1) is 11.3 Å². The number of rotatable bonds is 11. The van der Waals surface area contributed by atoms with Crippen molar-refractivity contribution in [3.05, 3.63) is 111 Å². The number of nitrogens with two attached hydrogens (primary N) is 1. The van der Waals surface area contributed by atoms with Gasteiger partial charge < -0.3 is 34.6 Å². The predicted octanol–water partition coefficient (Wildman–Crippen LogP) is 6.45. The maximum absolute atomic E-state index is 13.6. The number of methoxy groups -OCH3 is 1. The Kier molecular flexibility index (Phi) is 12.9. The van der Waals surface area contributed by atoms with E-state index in [9.17, 15) is 28.8 Å². The van der Waals surface area contributed by atoms with Gasteiger partial charge in [0, 0.05) is 60.8 Å². The Balaban J connectivity index is 0.000000175. The molecule has 3 aromatic carbocycles. The van der Waals surface area contributed by atoms with Crippen molar-refractivity contribution < 1.29 is 43.0 Å². The number of nitrogens with zero attached hydrogens (tertiary/aromatic N) is 6. The lowest BCUT2D eigenvalue weighted by Crippen LogP contribution is -2.41. The van der Waals surface area contributed by atoms with Gasteiger partial charge in [-0.2, -0.15) is 5.10 Å². The number of piperidine rings is 1. The Hall–Kier alpha value is -6.56. The fourth-order valence-corrected chi connectivity index (χ4v) is 8.98. The highest BCUT2D eigenvalue weighted by molar-refractivity contribution is 7.18. The number of aromatic nitrogens is 2. The lowest BCUT2D eigenvalue weighted by Gasteiger charge is -2.29. The highest BCUT2D eigenvalue weighted by atomic mass is 35.5. The molecular formula is C45H44ClN7O9S. The van der Waals surface area contributed by atoms with Gasteiger partial charge in [0.1, 0.15) is 24.2 Å². The molecule has 6 heterocycles. The smallest absolute Gasteiger partial charge is 0.414 e. The minimum Gasteiger partial charge on any atom is -0.497 e. The van der Waals surface area contributed by atoms with Gasteiger partial charge in [-0.3, -0.25) is 28.9 Å². The number of morpholine rings is 1. The van der Waals surface area contributed by atoms with Crippen LogP contribution in [0.4, 0.5) is 27.5 Å². The first-order valence-electron chi connectivity index (χ1n) is 20.5. The number of halogens is 1. The number of fused-ring (bicyclic) bond motifs is 1. The molecule has 5 aromatic rings. The van der Waals surface area contributed by atoms with Gasteiger partial charge in [0.15, 0.2) is 11.5 Å². The molecule has 4 aliphatic rings. The van der Waals surface area contributed by atoms with Crippen LogP contribution in [0, 0.1) is 0 Å². The first-order chi connectivity index (χ1) is 30.5. The molecule has 0 bridgehead atoms. The minimum atomic E-state index is -0.666. The molecule has 0 unspecified atom stereocenters. The summed E-state index contributed by atoms with van der Waals surface area (Å²) < 4.78 is 17.8. The molecule has 3 fully saturated rings. The standard InChI is InChI=1S/C25H25N5O4.C20H19ClN2O5S/c1-34-19-11-9-18(10-12-19)30-23-20(22(27-30)24(26)32)13-15-29(25(23)33)17-7-5-16(6-8-17)28-14-3-2-4-21(28)31;21-18-8-7-17(29-18)16(24)6-5-15-11-23(20(26)28-15)14-3-1-13(2-4-14)22-9-10-27-12-19(22)25/h5-12H,2-4,13-15H2,1H3,(H2,26,32);1-4,7-8,15H,5-6,9-12H2/t;15-/m.0/s1. The van der Waals surface area contributed by atoms with Crippen LogP contribution in [-0.4, -0.2) is 97.9 Å². The van der Waals surface area contributed by atoms with Crippen LogP contribution in [0.25, 0.3) is 5.69 Å². The van der Waals surface area contributed by atoms with Crippen LogP contribution in [0.1, 0.15) is 68.3 Å². The molecule has 0 aliphatic carbocycles. The third-order valence-corrected chi connectivity index (χ3v) is 12.5. The SMILES string of the molecule is COc1ccc(-n2nc(C(N)=O)c3c2C(=O)N(c2ccc(N4CCCCC4=O)cc2)CC3)cc1.O=C(CC[C@H]1CN(c2ccc(N3CCOCC3=O)cc2)C(=O)O1)c1ccc(Cl)s1. The summed E-state index contributed by atoms with van der Waals surface area (Å²) in [6.45, 7) is 2.58. The molecular weight excluding hydrogens is 850 g/mol. The summed E-state index contributed by atoms with van der Waals surface area (Å²) in [5, 5.41) is 4.39. The number of benzene rings is 3. The number of carbonyl (C=O) groups is 6. The number of ketones is 1. The van der Waals surface area contributed by atoms with Crippen LogP contribution >= 0.6 is 22.9 Å². The van der Waals surface area contributed by atoms with Crippen LogP contribution in [0.3, 0.4) is 0 Å². The summed E-state index contributed by atoms with van der Waals surface area (Å²) in [5.74, 6) is -0.225. The van der Waals surface area contributed by atoms with Crippen molar-refractivity contribution >= 4 is 81.2 Å². The first-order valence-corrected chi connectivity index (χ1v) is 21.7. The van der Waals surface area contributed by atoms with E-state index in [4.69, 9.17) is 31.5 Å². The minimum absolute atomic E-state index is 0.00377. The summed E-state index contributed by atoms with van der Waals surface area (Å²) in [5.41, 5.74) is 10.2. The summed E-state index contributed by atoms with van der Waals surface area (Å²) in [6, 6.07) is 25.1. The van der Waals surface area contributed by atoms with Gasteiger partial charge in [-0.25, -0.2) is 9.48 Å². The number of hydrogen-bond donors (Lipinski definition) is 1. The van der Waals surface area contributed by atoms with Gasteiger partial charge in [-0.05, 0) is 111 Å². The number of ether oxygens (including phenoxy) is 3. The van der Waals surface area contributed by atoms with Crippen molar-refractivity contribution in [3.8, 4) is 11.4 Å². The number of hydrogen-bond acceptors (Lipinski definition) is 11. The predicted molar refractivity (Wildman–Crippen MR) is 237 cm³/mol. The van der Waals surface area contributed by atoms with Crippen molar-refractivity contribution in [3.63, 3.8) is 0 Å². The number of primary amides is 1. The number of thiophene rings is 1. The first kappa shape index (κ1) is 43.1. The summed E-state index contributed by atoms with van der Waals surface area (Å²) in [7, 11) is 1.57. The van der Waals surface area contributed by atoms with Gasteiger partial charge in [-0.1, -0.05) is 11.6 Å². The van der Waals surface area contributed by atoms with E-state index in [0.29, 0.717) is 102 Å². The van der Waals surface area contributed by atoms with Gasteiger partial charge >= 0.3 is 6.09 Å². The van der Waals surface area contributed by atoms with E-state index in [1.54, 1.807) is 75.2 Å². The topological polar surface area (TPSA) is 187 Å².